The maximum absolute atomic E-state index is 5.71. The molecular weight excluding hydrogens is 572 g/mol. The molecule has 232 valence electrons. The van der Waals surface area contributed by atoms with Gasteiger partial charge in [-0.05, 0) is 104 Å². The molecule has 0 aliphatic heterocycles. The van der Waals surface area contributed by atoms with E-state index in [1.54, 1.807) is 7.11 Å². The summed E-state index contributed by atoms with van der Waals surface area (Å²) in [5, 5.41) is 0. The summed E-state index contributed by atoms with van der Waals surface area (Å²) in [6, 6.07) is 51.3. The first kappa shape index (κ1) is 31.2. The lowest BCUT2D eigenvalue weighted by molar-refractivity contribution is 0.411. The van der Waals surface area contributed by atoms with Gasteiger partial charge in [-0.2, -0.15) is 0 Å². The van der Waals surface area contributed by atoms with E-state index in [9.17, 15) is 0 Å². The Morgan fingerprint density at radius 2 is 0.830 bits per heavy atom. The van der Waals surface area contributed by atoms with Crippen LogP contribution in [0.4, 0.5) is 34.1 Å². The van der Waals surface area contributed by atoms with Crippen LogP contribution in [0.3, 0.4) is 0 Å². The van der Waals surface area contributed by atoms with Gasteiger partial charge in [0.2, 0.25) is 0 Å². The highest BCUT2D eigenvalue weighted by atomic mass is 16.5. The van der Waals surface area contributed by atoms with Crippen molar-refractivity contribution in [3.63, 3.8) is 0 Å². The third-order valence-corrected chi connectivity index (χ3v) is 8.29. The molecule has 0 heterocycles. The van der Waals surface area contributed by atoms with Crippen LogP contribution in [0.2, 0.25) is 0 Å². The highest BCUT2D eigenvalue weighted by Gasteiger charge is 2.21. The molecule has 0 bridgehead atoms. The minimum absolute atomic E-state index is 0.883. The highest BCUT2D eigenvalue weighted by molar-refractivity contribution is 5.92. The van der Waals surface area contributed by atoms with Gasteiger partial charge in [-0.15, -0.1) is 0 Å². The molecule has 0 saturated heterocycles. The Morgan fingerprint density at radius 3 is 1.21 bits per heavy atom. The van der Waals surface area contributed by atoms with Crippen molar-refractivity contribution in [3.8, 4) is 5.75 Å². The molecule has 47 heavy (non-hydrogen) atoms. The monoisotopic (exact) mass is 612 g/mol. The van der Waals surface area contributed by atoms with Gasteiger partial charge in [0.05, 0.1) is 18.5 Å². The second kappa shape index (κ2) is 14.5. The van der Waals surface area contributed by atoms with Gasteiger partial charge in [0.15, 0.2) is 0 Å². The highest BCUT2D eigenvalue weighted by Crippen LogP contribution is 2.44. The first-order chi connectivity index (χ1) is 23.1. The number of para-hydroxylation sites is 4. The molecule has 0 unspecified atom stereocenters. The number of benzene rings is 6. The summed E-state index contributed by atoms with van der Waals surface area (Å²) in [4.78, 5) is 4.68. The van der Waals surface area contributed by atoms with Crippen LogP contribution in [-0.4, -0.2) is 7.11 Å². The third kappa shape index (κ3) is 6.90. The standard InChI is InChI=1S/C44H40N2O/c1-5-18-36-30-43(46(40-23-14-8-15-24-40)41-25-16-9-17-26-41)37(28-27-35-32-44(47-4)34(3)29-33(35)2)31-42(36)45(38-19-10-6-11-20-38)39-21-12-7-13-22-39/h5-32H,1-4H3/b18-5+,28-27+. The maximum atomic E-state index is 5.71. The van der Waals surface area contributed by atoms with Crippen molar-refractivity contribution in [2.45, 2.75) is 20.8 Å². The fourth-order valence-electron chi connectivity index (χ4n) is 6.03. The molecule has 0 amide bonds. The van der Waals surface area contributed by atoms with Crippen LogP contribution < -0.4 is 14.5 Å². The van der Waals surface area contributed by atoms with Crippen molar-refractivity contribution in [3.05, 3.63) is 179 Å². The lowest BCUT2D eigenvalue weighted by Gasteiger charge is -2.31. The van der Waals surface area contributed by atoms with E-state index >= 15 is 0 Å². The molecule has 0 aliphatic rings. The van der Waals surface area contributed by atoms with Crippen LogP contribution >= 0.6 is 0 Å². The van der Waals surface area contributed by atoms with Crippen molar-refractivity contribution in [1.82, 2.24) is 0 Å². The van der Waals surface area contributed by atoms with E-state index < -0.39 is 0 Å². The number of hydrogen-bond donors (Lipinski definition) is 0. The molecular formula is C44H40N2O. The summed E-state index contributed by atoms with van der Waals surface area (Å²) >= 11 is 0. The Kier molecular flexibility index (Phi) is 9.64. The molecule has 6 aromatic rings. The van der Waals surface area contributed by atoms with Gasteiger partial charge in [-0.1, -0.05) is 103 Å². The molecule has 3 nitrogen and oxygen atoms in total. The molecule has 0 N–H and O–H groups in total. The third-order valence-electron chi connectivity index (χ3n) is 8.29. The smallest absolute Gasteiger partial charge is 0.122 e. The first-order valence-electron chi connectivity index (χ1n) is 16.0. The molecule has 0 aromatic heterocycles. The first-order valence-corrected chi connectivity index (χ1v) is 16.0. The lowest BCUT2D eigenvalue weighted by atomic mass is 9.99. The van der Waals surface area contributed by atoms with Crippen molar-refractivity contribution >= 4 is 52.4 Å². The summed E-state index contributed by atoms with van der Waals surface area (Å²) in [5.74, 6) is 0.883. The lowest BCUT2D eigenvalue weighted by Crippen LogP contribution is -2.15. The van der Waals surface area contributed by atoms with E-state index in [0.717, 1.165) is 62.1 Å². The molecule has 0 radical (unpaired) electrons. The van der Waals surface area contributed by atoms with E-state index in [1.807, 2.05) is 0 Å². The van der Waals surface area contributed by atoms with Crippen LogP contribution in [0.15, 0.2) is 152 Å². The number of hydrogen-bond acceptors (Lipinski definition) is 3. The Hall–Kier alpha value is -5.80. The van der Waals surface area contributed by atoms with Crippen LogP contribution in [0.1, 0.15) is 34.7 Å². The van der Waals surface area contributed by atoms with Crippen LogP contribution in [-0.2, 0) is 0 Å². The molecule has 0 fully saturated rings. The topological polar surface area (TPSA) is 15.7 Å². The molecule has 6 rings (SSSR count). The van der Waals surface area contributed by atoms with E-state index in [1.165, 1.54) is 5.56 Å². The van der Waals surface area contributed by atoms with Gasteiger partial charge in [0.25, 0.3) is 0 Å². The minimum Gasteiger partial charge on any atom is -0.496 e. The average Bonchev–Trinajstić information content (AvgIpc) is 3.11. The number of rotatable bonds is 10. The Labute approximate surface area is 279 Å². The molecule has 0 saturated carbocycles. The predicted octanol–water partition coefficient (Wildman–Crippen LogP) is 12.5. The molecule has 0 aliphatic carbocycles. The maximum Gasteiger partial charge on any atom is 0.122 e. The SMILES string of the molecule is C/C=C/c1cc(N(c2ccccc2)c2ccccc2)c(/C=C/c2cc(OC)c(C)cc2C)cc1N(c1ccccc1)c1ccccc1. The molecule has 0 atom stereocenters. The van der Waals surface area contributed by atoms with Gasteiger partial charge in [-0.25, -0.2) is 0 Å². The Morgan fingerprint density at radius 1 is 0.447 bits per heavy atom. The second-order valence-corrected chi connectivity index (χ2v) is 11.5. The van der Waals surface area contributed by atoms with Gasteiger partial charge < -0.3 is 14.5 Å². The fraction of sp³-hybridized carbons (Fsp3) is 0.0909. The average molecular weight is 613 g/mol. The summed E-state index contributed by atoms with van der Waals surface area (Å²) in [7, 11) is 1.73. The van der Waals surface area contributed by atoms with Crippen molar-refractivity contribution < 1.29 is 4.74 Å². The van der Waals surface area contributed by atoms with Crippen LogP contribution in [0.5, 0.6) is 5.75 Å². The number of ether oxygens (including phenoxy) is 1. The van der Waals surface area contributed by atoms with E-state index in [4.69, 9.17) is 4.74 Å². The van der Waals surface area contributed by atoms with Crippen molar-refractivity contribution in [2.75, 3.05) is 16.9 Å². The van der Waals surface area contributed by atoms with E-state index in [0.29, 0.717) is 0 Å². The van der Waals surface area contributed by atoms with Crippen molar-refractivity contribution in [1.29, 1.82) is 0 Å². The van der Waals surface area contributed by atoms with Gasteiger partial charge in [0, 0.05) is 33.9 Å². The number of methoxy groups -OCH3 is 1. The van der Waals surface area contributed by atoms with Crippen LogP contribution in [0, 0.1) is 13.8 Å². The zero-order valence-corrected chi connectivity index (χ0v) is 27.5. The van der Waals surface area contributed by atoms with Crippen molar-refractivity contribution in [2.24, 2.45) is 0 Å². The summed E-state index contributed by atoms with van der Waals surface area (Å²) < 4.78 is 5.71. The molecule has 0 spiro atoms. The minimum atomic E-state index is 0.883. The predicted molar refractivity (Wildman–Crippen MR) is 202 cm³/mol. The van der Waals surface area contributed by atoms with Crippen LogP contribution in [0.25, 0.3) is 18.2 Å². The molecule has 3 heteroatoms. The quantitative estimate of drug-likeness (QED) is 0.143. The second-order valence-electron chi connectivity index (χ2n) is 11.5. The molecule has 6 aromatic carbocycles. The number of anilines is 6. The number of nitrogens with zero attached hydrogens (tertiary/aromatic N) is 2. The summed E-state index contributed by atoms with van der Waals surface area (Å²) in [6.07, 6.45) is 8.76. The zero-order chi connectivity index (χ0) is 32.6. The van der Waals surface area contributed by atoms with E-state index in [2.05, 4.69) is 200 Å². The van der Waals surface area contributed by atoms with E-state index in [-0.39, 0.29) is 0 Å². The van der Waals surface area contributed by atoms with Gasteiger partial charge in [-0.3, -0.25) is 0 Å². The Balaban J connectivity index is 1.65. The number of aryl methyl sites for hydroxylation is 2. The van der Waals surface area contributed by atoms with Gasteiger partial charge >= 0.3 is 0 Å². The summed E-state index contributed by atoms with van der Waals surface area (Å²) in [6.45, 7) is 6.32. The summed E-state index contributed by atoms with van der Waals surface area (Å²) in [5.41, 5.74) is 12.2. The normalized spacial score (nSPS) is 11.2. The fourth-order valence-corrected chi connectivity index (χ4v) is 6.03. The zero-order valence-electron chi connectivity index (χ0n) is 27.5. The Bertz CT molecular complexity index is 1900. The van der Waals surface area contributed by atoms with Gasteiger partial charge in [0.1, 0.15) is 5.75 Å². The largest absolute Gasteiger partial charge is 0.496 e. The number of allylic oxidation sites excluding steroid dienone is 1.